The van der Waals surface area contributed by atoms with Gasteiger partial charge in [0.25, 0.3) is 10.0 Å². The van der Waals surface area contributed by atoms with Crippen LogP contribution >= 0.6 is 11.3 Å². The first kappa shape index (κ1) is 20.6. The van der Waals surface area contributed by atoms with Gasteiger partial charge in [-0.15, -0.1) is 11.3 Å². The van der Waals surface area contributed by atoms with E-state index in [1.165, 1.54) is 11.3 Å². The summed E-state index contributed by atoms with van der Waals surface area (Å²) in [7, 11) is -3.67. The van der Waals surface area contributed by atoms with Crippen molar-refractivity contribution in [3.63, 3.8) is 0 Å². The van der Waals surface area contributed by atoms with E-state index in [9.17, 15) is 13.2 Å². The van der Waals surface area contributed by atoms with E-state index in [0.29, 0.717) is 0 Å². The Kier molecular flexibility index (Phi) is 6.60. The molecule has 2 aromatic rings. The Morgan fingerprint density at radius 1 is 1.04 bits per heavy atom. The van der Waals surface area contributed by atoms with Crippen LogP contribution < -0.4 is 10.0 Å². The lowest BCUT2D eigenvalue weighted by molar-refractivity contribution is -0.115. The smallest absolute Gasteiger partial charge is 0.250 e. The zero-order valence-corrected chi connectivity index (χ0v) is 17.4. The molecule has 7 heteroatoms. The molecule has 1 aromatic heterocycles. The average molecular weight is 395 g/mol. The van der Waals surface area contributed by atoms with Gasteiger partial charge in [0.15, 0.2) is 0 Å². The van der Waals surface area contributed by atoms with E-state index in [1.807, 2.05) is 25.1 Å². The van der Waals surface area contributed by atoms with Gasteiger partial charge < -0.3 is 5.32 Å². The predicted octanol–water partition coefficient (Wildman–Crippen LogP) is 4.22. The number of carbonyl (C=O) groups excluding carboxylic acids is 1. The zero-order chi connectivity index (χ0) is 19.5. The van der Waals surface area contributed by atoms with Gasteiger partial charge in [0.05, 0.1) is 6.54 Å². The van der Waals surface area contributed by atoms with Crippen LogP contribution in [0, 0.1) is 6.92 Å². The van der Waals surface area contributed by atoms with Gasteiger partial charge in [-0.1, -0.05) is 45.9 Å². The Balaban J connectivity index is 2.15. The fraction of sp³-hybridized carbons (Fsp3) is 0.421. The molecule has 1 aromatic carbocycles. The largest absolute Gasteiger partial charge is 0.324 e. The lowest BCUT2D eigenvalue weighted by Gasteiger charge is -2.20. The summed E-state index contributed by atoms with van der Waals surface area (Å²) in [5.74, 6) is 0.112. The molecule has 0 fully saturated rings. The molecule has 0 unspecified atom stereocenters. The van der Waals surface area contributed by atoms with Gasteiger partial charge in [-0.05, 0) is 42.0 Å². The van der Waals surface area contributed by atoms with Crippen LogP contribution in [0.3, 0.4) is 0 Å². The van der Waals surface area contributed by atoms with Crippen LogP contribution in [0.1, 0.15) is 55.5 Å². The van der Waals surface area contributed by atoms with Gasteiger partial charge in [-0.3, -0.25) is 4.79 Å². The molecule has 0 aliphatic rings. The summed E-state index contributed by atoms with van der Waals surface area (Å²) in [5, 5.41) is 2.91. The number of benzene rings is 1. The molecule has 0 saturated heterocycles. The van der Waals surface area contributed by atoms with Crippen LogP contribution in [0.15, 0.2) is 34.5 Å². The molecule has 0 spiro atoms. The van der Waals surface area contributed by atoms with Crippen LogP contribution in [0.5, 0.6) is 0 Å². The number of para-hydroxylation sites is 1. The van der Waals surface area contributed by atoms with Crippen LogP contribution in [-0.4, -0.2) is 20.9 Å². The van der Waals surface area contributed by atoms with Crippen LogP contribution in [0.4, 0.5) is 5.69 Å². The molecule has 2 N–H and O–H groups in total. The summed E-state index contributed by atoms with van der Waals surface area (Å²) >= 11 is 1.18. The fourth-order valence-corrected chi connectivity index (χ4v) is 4.98. The molecule has 26 heavy (non-hydrogen) atoms. The second kappa shape index (κ2) is 8.33. The third-order valence-corrected chi connectivity index (χ3v) is 6.93. The first-order valence-electron chi connectivity index (χ1n) is 8.60. The van der Waals surface area contributed by atoms with Crippen LogP contribution in [0.25, 0.3) is 0 Å². The van der Waals surface area contributed by atoms with E-state index < -0.39 is 10.0 Å². The minimum absolute atomic E-state index is 0.216. The first-order valence-corrected chi connectivity index (χ1v) is 10.9. The second-order valence-electron chi connectivity index (χ2n) is 6.86. The normalized spacial score (nSPS) is 12.0. The van der Waals surface area contributed by atoms with E-state index in [1.54, 1.807) is 12.1 Å². The van der Waals surface area contributed by atoms with Gasteiger partial charge in [-0.25, -0.2) is 13.1 Å². The Labute approximate surface area is 159 Å². The molecule has 0 aliphatic carbocycles. The lowest BCUT2D eigenvalue weighted by Crippen LogP contribution is -2.33. The summed E-state index contributed by atoms with van der Waals surface area (Å²) in [6.07, 6.45) is 0. The molecular weight excluding hydrogens is 368 g/mol. The number of carbonyl (C=O) groups is 1. The number of anilines is 1. The number of thiophene rings is 1. The summed E-state index contributed by atoms with van der Waals surface area (Å²) in [5.41, 5.74) is 2.87. The summed E-state index contributed by atoms with van der Waals surface area (Å²) < 4.78 is 27.1. The minimum atomic E-state index is -3.67. The molecule has 0 saturated carbocycles. The van der Waals surface area contributed by atoms with Crippen LogP contribution in [0.2, 0.25) is 0 Å². The highest BCUT2D eigenvalue weighted by atomic mass is 32.2. The second-order valence-corrected chi connectivity index (χ2v) is 10.1. The molecule has 2 rings (SSSR count). The number of hydrogen-bond acceptors (Lipinski definition) is 4. The first-order chi connectivity index (χ1) is 12.1. The topological polar surface area (TPSA) is 75.3 Å². The molecule has 1 heterocycles. The molecule has 1 amide bonds. The van der Waals surface area contributed by atoms with Crippen molar-refractivity contribution in [2.24, 2.45) is 0 Å². The van der Waals surface area contributed by atoms with Crippen LogP contribution in [-0.2, 0) is 14.8 Å². The van der Waals surface area contributed by atoms with E-state index in [-0.39, 0.29) is 28.5 Å². The summed E-state index contributed by atoms with van der Waals surface area (Å²) in [4.78, 5) is 13.3. The van der Waals surface area contributed by atoms with E-state index in [0.717, 1.165) is 21.7 Å². The number of nitrogens with one attached hydrogen (secondary N) is 2. The Morgan fingerprint density at radius 2 is 1.62 bits per heavy atom. The summed E-state index contributed by atoms with van der Waals surface area (Å²) in [6, 6.07) is 9.26. The molecular formula is C19H26N2O3S2. The number of aryl methyl sites for hydroxylation is 1. The highest BCUT2D eigenvalue weighted by molar-refractivity contribution is 7.91. The Morgan fingerprint density at radius 3 is 2.08 bits per heavy atom. The molecule has 0 atom stereocenters. The van der Waals surface area contributed by atoms with Crippen molar-refractivity contribution >= 4 is 33.0 Å². The highest BCUT2D eigenvalue weighted by Crippen LogP contribution is 2.32. The fourth-order valence-electron chi connectivity index (χ4n) is 2.67. The van der Waals surface area contributed by atoms with Gasteiger partial charge in [-0.2, -0.15) is 0 Å². The van der Waals surface area contributed by atoms with E-state index in [4.69, 9.17) is 0 Å². The average Bonchev–Trinajstić information content (AvgIpc) is 3.00. The predicted molar refractivity (Wildman–Crippen MR) is 107 cm³/mol. The monoisotopic (exact) mass is 394 g/mol. The standard InChI is InChI=1S/C19H26N2O3S2/c1-12(2)15-7-6-8-16(13(3)4)19(15)21-17(22)11-20-26(23,24)18-10-9-14(5)25-18/h6-10,12-13,20H,11H2,1-5H3,(H,21,22). The SMILES string of the molecule is Cc1ccc(S(=O)(=O)NCC(=O)Nc2c(C(C)C)cccc2C(C)C)s1. The van der Waals surface area contributed by atoms with Gasteiger partial charge in [0.1, 0.15) is 4.21 Å². The maximum atomic E-state index is 12.4. The number of hydrogen-bond donors (Lipinski definition) is 2. The number of sulfonamides is 1. The molecule has 0 aliphatic heterocycles. The van der Waals surface area contributed by atoms with Crippen molar-refractivity contribution in [2.75, 3.05) is 11.9 Å². The maximum Gasteiger partial charge on any atom is 0.250 e. The van der Waals surface area contributed by atoms with Crippen molar-refractivity contribution < 1.29 is 13.2 Å². The van der Waals surface area contributed by atoms with Gasteiger partial charge >= 0.3 is 0 Å². The van der Waals surface area contributed by atoms with Crippen molar-refractivity contribution in [3.8, 4) is 0 Å². The molecule has 0 bridgehead atoms. The van der Waals surface area contributed by atoms with Crippen molar-refractivity contribution in [1.29, 1.82) is 0 Å². The third-order valence-electron chi connectivity index (χ3n) is 4.04. The highest BCUT2D eigenvalue weighted by Gasteiger charge is 2.19. The Hall–Kier alpha value is -1.70. The van der Waals surface area contributed by atoms with Crippen molar-refractivity contribution in [1.82, 2.24) is 4.72 Å². The van der Waals surface area contributed by atoms with Crippen molar-refractivity contribution in [3.05, 3.63) is 46.3 Å². The van der Waals surface area contributed by atoms with E-state index >= 15 is 0 Å². The number of amides is 1. The molecule has 5 nitrogen and oxygen atoms in total. The lowest BCUT2D eigenvalue weighted by atomic mass is 9.92. The quantitative estimate of drug-likeness (QED) is 0.738. The minimum Gasteiger partial charge on any atom is -0.324 e. The summed E-state index contributed by atoms with van der Waals surface area (Å²) in [6.45, 7) is 9.80. The van der Waals surface area contributed by atoms with E-state index in [2.05, 4.69) is 37.7 Å². The number of rotatable bonds is 7. The zero-order valence-electron chi connectivity index (χ0n) is 15.8. The molecule has 0 radical (unpaired) electrons. The third kappa shape index (κ3) is 4.93. The Bertz CT molecular complexity index is 858. The van der Waals surface area contributed by atoms with Gasteiger partial charge in [0.2, 0.25) is 5.91 Å². The molecule has 142 valence electrons. The van der Waals surface area contributed by atoms with Gasteiger partial charge in [0, 0.05) is 10.6 Å². The van der Waals surface area contributed by atoms with Crippen molar-refractivity contribution in [2.45, 2.75) is 50.7 Å². The maximum absolute atomic E-state index is 12.4.